The van der Waals surface area contributed by atoms with Gasteiger partial charge >= 0.3 is 0 Å². The Morgan fingerprint density at radius 1 is 0.941 bits per heavy atom. The standard InChI is InChI=1S/C11H9N.C3H8.C2H6/c1-12-11-7-6-9-4-2-3-5-10(9)8-11;1-3-2;1-2/h2-8H,1H2;3H2,1-2H3;1-2H3. The van der Waals surface area contributed by atoms with Crippen molar-refractivity contribution in [3.05, 3.63) is 42.5 Å². The number of nitrogens with zero attached hydrogens (tertiary/aromatic N) is 1. The lowest BCUT2D eigenvalue weighted by atomic mass is 10.1. The lowest BCUT2D eigenvalue weighted by Crippen LogP contribution is -1.69. The van der Waals surface area contributed by atoms with E-state index in [-0.39, 0.29) is 0 Å². The van der Waals surface area contributed by atoms with Crippen LogP contribution in [0.5, 0.6) is 0 Å². The zero-order chi connectivity index (χ0) is 13.1. The van der Waals surface area contributed by atoms with Crippen molar-refractivity contribution >= 4 is 23.2 Å². The minimum Gasteiger partial charge on any atom is -0.265 e. The highest BCUT2D eigenvalue weighted by Crippen LogP contribution is 2.19. The maximum absolute atomic E-state index is 3.87. The molecule has 0 bridgehead atoms. The van der Waals surface area contributed by atoms with Crippen LogP contribution in [0.1, 0.15) is 34.1 Å². The minimum absolute atomic E-state index is 0.925. The molecule has 0 saturated heterocycles. The fraction of sp³-hybridized carbons (Fsp3) is 0.312. The van der Waals surface area contributed by atoms with Gasteiger partial charge in [-0.05, 0) is 29.6 Å². The van der Waals surface area contributed by atoms with Crippen LogP contribution in [0.25, 0.3) is 10.8 Å². The minimum atomic E-state index is 0.925. The van der Waals surface area contributed by atoms with Crippen LogP contribution >= 0.6 is 0 Å². The van der Waals surface area contributed by atoms with Gasteiger partial charge in [0.25, 0.3) is 0 Å². The molecule has 17 heavy (non-hydrogen) atoms. The first kappa shape index (κ1) is 15.4. The Morgan fingerprint density at radius 3 is 2.00 bits per heavy atom. The van der Waals surface area contributed by atoms with Gasteiger partial charge in [0, 0.05) is 0 Å². The molecular weight excluding hydrogens is 206 g/mol. The first-order valence-electron chi connectivity index (χ1n) is 6.27. The van der Waals surface area contributed by atoms with Crippen molar-refractivity contribution in [2.45, 2.75) is 34.1 Å². The van der Waals surface area contributed by atoms with E-state index in [0.717, 1.165) is 5.69 Å². The largest absolute Gasteiger partial charge is 0.265 e. The molecule has 0 amide bonds. The van der Waals surface area contributed by atoms with Crippen LogP contribution < -0.4 is 0 Å². The second kappa shape index (κ2) is 9.59. The van der Waals surface area contributed by atoms with Crippen molar-refractivity contribution in [1.82, 2.24) is 0 Å². The molecule has 0 radical (unpaired) electrons. The Kier molecular flexibility index (Phi) is 8.67. The van der Waals surface area contributed by atoms with E-state index in [4.69, 9.17) is 0 Å². The smallest absolute Gasteiger partial charge is 0.0628 e. The van der Waals surface area contributed by atoms with E-state index in [1.54, 1.807) is 0 Å². The fourth-order valence-electron chi connectivity index (χ4n) is 1.28. The maximum atomic E-state index is 3.87. The molecule has 2 aromatic carbocycles. The molecule has 2 aromatic rings. The third-order valence-electron chi connectivity index (χ3n) is 1.92. The van der Waals surface area contributed by atoms with Gasteiger partial charge in [-0.2, -0.15) is 0 Å². The highest BCUT2D eigenvalue weighted by Gasteiger charge is 1.91. The molecule has 0 aliphatic heterocycles. The van der Waals surface area contributed by atoms with Crippen LogP contribution in [0.2, 0.25) is 0 Å². The van der Waals surface area contributed by atoms with Crippen LogP contribution in [-0.4, -0.2) is 6.72 Å². The van der Waals surface area contributed by atoms with E-state index in [1.807, 2.05) is 38.1 Å². The summed E-state index contributed by atoms with van der Waals surface area (Å²) in [6.45, 7) is 11.7. The van der Waals surface area contributed by atoms with Crippen LogP contribution in [-0.2, 0) is 0 Å². The van der Waals surface area contributed by atoms with Gasteiger partial charge in [0.15, 0.2) is 0 Å². The topological polar surface area (TPSA) is 12.4 Å². The Hall–Kier alpha value is -1.63. The van der Waals surface area contributed by atoms with Gasteiger partial charge in [-0.3, -0.25) is 4.99 Å². The van der Waals surface area contributed by atoms with E-state index in [9.17, 15) is 0 Å². The van der Waals surface area contributed by atoms with E-state index in [0.29, 0.717) is 0 Å². The summed E-state index contributed by atoms with van der Waals surface area (Å²) >= 11 is 0. The number of fused-ring (bicyclic) bond motifs is 1. The lowest BCUT2D eigenvalue weighted by molar-refractivity contribution is 1.09. The van der Waals surface area contributed by atoms with Gasteiger partial charge in [-0.25, -0.2) is 0 Å². The maximum Gasteiger partial charge on any atom is 0.0628 e. The van der Waals surface area contributed by atoms with Crippen molar-refractivity contribution in [1.29, 1.82) is 0 Å². The molecule has 0 aromatic heterocycles. The van der Waals surface area contributed by atoms with E-state index in [2.05, 4.69) is 43.8 Å². The summed E-state index contributed by atoms with van der Waals surface area (Å²) in [7, 11) is 0. The summed E-state index contributed by atoms with van der Waals surface area (Å²) in [4.78, 5) is 3.87. The first-order valence-corrected chi connectivity index (χ1v) is 6.27. The summed E-state index contributed by atoms with van der Waals surface area (Å²) in [5.41, 5.74) is 0.925. The molecule has 0 spiro atoms. The molecule has 2 rings (SSSR count). The molecule has 0 aliphatic rings. The molecule has 0 aliphatic carbocycles. The quantitative estimate of drug-likeness (QED) is 0.563. The van der Waals surface area contributed by atoms with Gasteiger partial charge in [-0.1, -0.05) is 64.4 Å². The molecule has 1 heteroatoms. The number of aliphatic imine (C=N–C) groups is 1. The monoisotopic (exact) mass is 229 g/mol. The Morgan fingerprint density at radius 2 is 1.47 bits per heavy atom. The van der Waals surface area contributed by atoms with Crippen LogP contribution in [0, 0.1) is 0 Å². The number of benzene rings is 2. The molecule has 0 N–H and O–H groups in total. The summed E-state index contributed by atoms with van der Waals surface area (Å²) < 4.78 is 0. The number of rotatable bonds is 1. The summed E-state index contributed by atoms with van der Waals surface area (Å²) in [5, 5.41) is 2.45. The summed E-state index contributed by atoms with van der Waals surface area (Å²) in [6.07, 6.45) is 1.25. The second-order valence-electron chi connectivity index (χ2n) is 3.40. The summed E-state index contributed by atoms with van der Waals surface area (Å²) in [5.74, 6) is 0. The molecule has 0 atom stereocenters. The molecular formula is C16H23N. The predicted octanol–water partition coefficient (Wildman–Crippen LogP) is 5.61. The van der Waals surface area contributed by atoms with Crippen molar-refractivity contribution in [2.75, 3.05) is 0 Å². The highest BCUT2D eigenvalue weighted by molar-refractivity contribution is 5.85. The van der Waals surface area contributed by atoms with E-state index >= 15 is 0 Å². The molecule has 0 fully saturated rings. The van der Waals surface area contributed by atoms with Gasteiger partial charge in [0.2, 0.25) is 0 Å². The summed E-state index contributed by atoms with van der Waals surface area (Å²) in [6, 6.07) is 14.3. The zero-order valence-electron chi connectivity index (χ0n) is 11.4. The van der Waals surface area contributed by atoms with E-state index < -0.39 is 0 Å². The van der Waals surface area contributed by atoms with Crippen molar-refractivity contribution < 1.29 is 0 Å². The van der Waals surface area contributed by atoms with Crippen LogP contribution in [0.3, 0.4) is 0 Å². The lowest BCUT2D eigenvalue weighted by Gasteiger charge is -1.97. The van der Waals surface area contributed by atoms with Gasteiger partial charge < -0.3 is 0 Å². The number of hydrogen-bond donors (Lipinski definition) is 0. The highest BCUT2D eigenvalue weighted by atomic mass is 14.7. The number of hydrogen-bond acceptors (Lipinski definition) is 1. The predicted molar refractivity (Wildman–Crippen MR) is 80.5 cm³/mol. The Balaban J connectivity index is 0.000000450. The van der Waals surface area contributed by atoms with Gasteiger partial charge in [0.05, 0.1) is 5.69 Å². The third-order valence-corrected chi connectivity index (χ3v) is 1.92. The molecule has 92 valence electrons. The molecule has 0 unspecified atom stereocenters. The van der Waals surface area contributed by atoms with Gasteiger partial charge in [-0.15, -0.1) is 0 Å². The zero-order valence-corrected chi connectivity index (χ0v) is 11.4. The SMILES string of the molecule is C=Nc1ccc2ccccc2c1.CC.CCC. The fourth-order valence-corrected chi connectivity index (χ4v) is 1.28. The van der Waals surface area contributed by atoms with E-state index in [1.165, 1.54) is 17.2 Å². The van der Waals surface area contributed by atoms with Crippen LogP contribution in [0.15, 0.2) is 47.5 Å². The van der Waals surface area contributed by atoms with Crippen molar-refractivity contribution in [3.8, 4) is 0 Å². The van der Waals surface area contributed by atoms with Crippen LogP contribution in [0.4, 0.5) is 5.69 Å². The Labute approximate surface area is 105 Å². The molecule has 0 heterocycles. The van der Waals surface area contributed by atoms with Gasteiger partial charge in [0.1, 0.15) is 0 Å². The molecule has 0 saturated carbocycles. The first-order chi connectivity index (χ1) is 8.31. The van der Waals surface area contributed by atoms with Crippen molar-refractivity contribution in [3.63, 3.8) is 0 Å². The third kappa shape index (κ3) is 5.30. The average Bonchev–Trinajstić information content (AvgIpc) is 2.41. The average molecular weight is 229 g/mol. The van der Waals surface area contributed by atoms with Crippen molar-refractivity contribution in [2.24, 2.45) is 4.99 Å². The Bertz CT molecular complexity index is 432. The second-order valence-corrected chi connectivity index (χ2v) is 3.40. The molecule has 1 nitrogen and oxygen atoms in total. The normalized spacial score (nSPS) is 8.47.